The lowest BCUT2D eigenvalue weighted by Gasteiger charge is -2.19. The Labute approximate surface area is 174 Å². The Bertz CT molecular complexity index is 1130. The van der Waals surface area contributed by atoms with Gasteiger partial charge in [-0.05, 0) is 50.6 Å². The minimum atomic E-state index is -0.583. The maximum Gasteiger partial charge on any atom is 0.412 e. The number of amides is 1. The molecule has 8 heteroatoms. The Hall–Kier alpha value is -3.55. The number of hydrogen-bond acceptors (Lipinski definition) is 6. The van der Waals surface area contributed by atoms with Gasteiger partial charge in [-0.2, -0.15) is 5.10 Å². The van der Waals surface area contributed by atoms with Crippen molar-refractivity contribution in [2.45, 2.75) is 32.8 Å². The monoisotopic (exact) mass is 411 g/mol. The highest BCUT2D eigenvalue weighted by Gasteiger charge is 2.17. The minimum Gasteiger partial charge on any atom is -0.493 e. The Morgan fingerprint density at radius 3 is 2.37 bits per heavy atom. The van der Waals surface area contributed by atoms with Crippen LogP contribution in [0.15, 0.2) is 41.2 Å². The Balaban J connectivity index is 1.92. The van der Waals surface area contributed by atoms with E-state index in [9.17, 15) is 9.59 Å². The molecular weight excluding hydrogens is 386 g/mol. The van der Waals surface area contributed by atoms with E-state index in [-0.39, 0.29) is 5.56 Å². The van der Waals surface area contributed by atoms with Crippen LogP contribution in [0.2, 0.25) is 0 Å². The summed E-state index contributed by atoms with van der Waals surface area (Å²) in [4.78, 5) is 24.3. The van der Waals surface area contributed by atoms with E-state index < -0.39 is 11.7 Å². The number of hydrogen-bond donors (Lipinski definition) is 2. The molecule has 0 saturated carbocycles. The molecule has 0 aliphatic heterocycles. The van der Waals surface area contributed by atoms with Crippen molar-refractivity contribution in [3.05, 3.63) is 58.0 Å². The third-order valence-electron chi connectivity index (χ3n) is 4.32. The zero-order chi connectivity index (χ0) is 21.9. The SMILES string of the molecule is COc1cc2c(Cc3cccc(NC(=O)OC(C)(C)C)c3)n[nH]c(=O)c2cc1OC. The smallest absolute Gasteiger partial charge is 0.412 e. The third kappa shape index (κ3) is 4.89. The summed E-state index contributed by atoms with van der Waals surface area (Å²) in [7, 11) is 3.05. The van der Waals surface area contributed by atoms with Crippen LogP contribution in [-0.2, 0) is 11.2 Å². The number of aromatic amines is 1. The first kappa shape index (κ1) is 21.2. The van der Waals surface area contributed by atoms with Crippen molar-refractivity contribution in [1.29, 1.82) is 0 Å². The lowest BCUT2D eigenvalue weighted by molar-refractivity contribution is 0.0636. The van der Waals surface area contributed by atoms with E-state index in [0.29, 0.717) is 40.1 Å². The second-order valence-electron chi connectivity index (χ2n) is 7.76. The van der Waals surface area contributed by atoms with E-state index in [4.69, 9.17) is 14.2 Å². The van der Waals surface area contributed by atoms with Gasteiger partial charge in [0.25, 0.3) is 5.56 Å². The molecule has 0 fully saturated rings. The van der Waals surface area contributed by atoms with E-state index in [1.807, 2.05) is 18.2 Å². The highest BCUT2D eigenvalue weighted by molar-refractivity contribution is 5.87. The maximum absolute atomic E-state index is 12.3. The zero-order valence-electron chi connectivity index (χ0n) is 17.7. The van der Waals surface area contributed by atoms with Gasteiger partial charge in [0.05, 0.1) is 25.3 Å². The Morgan fingerprint density at radius 2 is 1.73 bits per heavy atom. The van der Waals surface area contributed by atoms with Gasteiger partial charge in [-0.3, -0.25) is 10.1 Å². The number of benzene rings is 2. The summed E-state index contributed by atoms with van der Waals surface area (Å²) >= 11 is 0. The van der Waals surface area contributed by atoms with Crippen LogP contribution in [0.4, 0.5) is 10.5 Å². The van der Waals surface area contributed by atoms with Crippen LogP contribution in [0.25, 0.3) is 10.8 Å². The molecule has 0 bridgehead atoms. The first-order chi connectivity index (χ1) is 14.2. The molecule has 0 spiro atoms. The summed E-state index contributed by atoms with van der Waals surface area (Å²) in [6.07, 6.45) is -0.0869. The number of carbonyl (C=O) groups excluding carboxylic acids is 1. The number of anilines is 1. The first-order valence-corrected chi connectivity index (χ1v) is 9.42. The molecule has 0 radical (unpaired) electrons. The van der Waals surface area contributed by atoms with Crippen LogP contribution >= 0.6 is 0 Å². The molecule has 158 valence electrons. The Kier molecular flexibility index (Phi) is 5.96. The normalized spacial score (nSPS) is 11.2. The van der Waals surface area contributed by atoms with Crippen molar-refractivity contribution in [2.75, 3.05) is 19.5 Å². The van der Waals surface area contributed by atoms with Gasteiger partial charge in [-0.15, -0.1) is 0 Å². The van der Waals surface area contributed by atoms with E-state index in [0.717, 1.165) is 5.56 Å². The van der Waals surface area contributed by atoms with E-state index in [1.165, 1.54) is 14.2 Å². The largest absolute Gasteiger partial charge is 0.493 e. The fourth-order valence-electron chi connectivity index (χ4n) is 3.05. The molecule has 3 aromatic rings. The van der Waals surface area contributed by atoms with E-state index >= 15 is 0 Å². The third-order valence-corrected chi connectivity index (χ3v) is 4.32. The Morgan fingerprint density at radius 1 is 1.07 bits per heavy atom. The molecule has 0 aliphatic carbocycles. The molecule has 8 nitrogen and oxygen atoms in total. The molecule has 2 N–H and O–H groups in total. The number of carbonyl (C=O) groups is 1. The van der Waals surface area contributed by atoms with Gasteiger partial charge >= 0.3 is 6.09 Å². The van der Waals surface area contributed by atoms with Gasteiger partial charge in [-0.25, -0.2) is 9.89 Å². The quantitative estimate of drug-likeness (QED) is 0.661. The maximum atomic E-state index is 12.3. The summed E-state index contributed by atoms with van der Waals surface area (Å²) < 4.78 is 16.0. The van der Waals surface area contributed by atoms with Gasteiger partial charge < -0.3 is 14.2 Å². The highest BCUT2D eigenvalue weighted by Crippen LogP contribution is 2.32. The lowest BCUT2D eigenvalue weighted by Crippen LogP contribution is -2.27. The number of rotatable bonds is 5. The highest BCUT2D eigenvalue weighted by atomic mass is 16.6. The summed E-state index contributed by atoms with van der Waals surface area (Å²) in [6.45, 7) is 5.41. The molecule has 1 amide bonds. The molecule has 1 heterocycles. The summed E-state index contributed by atoms with van der Waals surface area (Å²) in [5, 5.41) is 10.6. The topological polar surface area (TPSA) is 103 Å². The van der Waals surface area contributed by atoms with Gasteiger partial charge in [-0.1, -0.05) is 12.1 Å². The van der Waals surface area contributed by atoms with Crippen molar-refractivity contribution in [3.63, 3.8) is 0 Å². The van der Waals surface area contributed by atoms with Crippen LogP contribution in [0.3, 0.4) is 0 Å². The van der Waals surface area contributed by atoms with Crippen molar-refractivity contribution in [3.8, 4) is 11.5 Å². The summed E-state index contributed by atoms with van der Waals surface area (Å²) in [6, 6.07) is 10.7. The van der Waals surface area contributed by atoms with E-state index in [1.54, 1.807) is 39.0 Å². The molecule has 0 unspecified atom stereocenters. The predicted molar refractivity (Wildman–Crippen MR) is 115 cm³/mol. The summed E-state index contributed by atoms with van der Waals surface area (Å²) in [5.74, 6) is 0.982. The lowest BCUT2D eigenvalue weighted by atomic mass is 10.0. The van der Waals surface area contributed by atoms with Crippen LogP contribution in [0.1, 0.15) is 32.0 Å². The van der Waals surface area contributed by atoms with E-state index in [2.05, 4.69) is 15.5 Å². The predicted octanol–water partition coefficient (Wildman–Crippen LogP) is 3.88. The number of H-pyrrole nitrogens is 1. The van der Waals surface area contributed by atoms with Crippen molar-refractivity contribution < 1.29 is 19.0 Å². The van der Waals surface area contributed by atoms with Crippen LogP contribution < -0.4 is 20.3 Å². The standard InChI is InChI=1S/C22H25N3O5/c1-22(2,3)30-21(27)23-14-8-6-7-13(9-14)10-17-15-11-18(28-4)19(29-5)12-16(15)20(26)25-24-17/h6-9,11-12H,10H2,1-5H3,(H,23,27)(H,25,26). The average molecular weight is 411 g/mol. The number of ether oxygens (including phenoxy) is 3. The van der Waals surface area contributed by atoms with Crippen molar-refractivity contribution in [1.82, 2.24) is 10.2 Å². The first-order valence-electron chi connectivity index (χ1n) is 9.42. The number of aromatic nitrogens is 2. The molecule has 0 atom stereocenters. The second-order valence-corrected chi connectivity index (χ2v) is 7.76. The summed E-state index contributed by atoms with van der Waals surface area (Å²) in [5.41, 5.74) is 1.28. The molecule has 3 rings (SSSR count). The van der Waals surface area contributed by atoms with Crippen LogP contribution in [-0.4, -0.2) is 36.1 Å². The van der Waals surface area contributed by atoms with Gasteiger partial charge in [0.2, 0.25) is 0 Å². The minimum absolute atomic E-state index is 0.310. The molecular formula is C22H25N3O5. The number of methoxy groups -OCH3 is 2. The molecule has 1 aromatic heterocycles. The fraction of sp³-hybridized carbons (Fsp3) is 0.318. The molecule has 0 saturated heterocycles. The van der Waals surface area contributed by atoms with Crippen LogP contribution in [0.5, 0.6) is 11.5 Å². The van der Waals surface area contributed by atoms with Crippen molar-refractivity contribution >= 4 is 22.6 Å². The van der Waals surface area contributed by atoms with Gasteiger partial charge in [0.1, 0.15) is 5.60 Å². The number of fused-ring (bicyclic) bond motifs is 1. The number of nitrogens with one attached hydrogen (secondary N) is 2. The molecule has 30 heavy (non-hydrogen) atoms. The molecule has 2 aromatic carbocycles. The second kappa shape index (κ2) is 8.44. The molecule has 0 aliphatic rings. The van der Waals surface area contributed by atoms with Crippen molar-refractivity contribution in [2.24, 2.45) is 0 Å². The zero-order valence-corrected chi connectivity index (χ0v) is 17.7. The number of nitrogens with zero attached hydrogens (tertiary/aromatic N) is 1. The fourth-order valence-corrected chi connectivity index (χ4v) is 3.05. The van der Waals surface area contributed by atoms with Gasteiger partial charge in [0, 0.05) is 17.5 Å². The van der Waals surface area contributed by atoms with Crippen LogP contribution in [0, 0.1) is 0 Å². The van der Waals surface area contributed by atoms with Gasteiger partial charge in [0.15, 0.2) is 11.5 Å². The average Bonchev–Trinajstić information content (AvgIpc) is 2.68.